The predicted molar refractivity (Wildman–Crippen MR) is 84.2 cm³/mol. The van der Waals surface area contributed by atoms with Crippen LogP contribution in [0.4, 0.5) is 0 Å². The fourth-order valence-corrected chi connectivity index (χ4v) is 1.82. The van der Waals surface area contributed by atoms with Crippen LogP contribution in [0.15, 0.2) is 41.4 Å². The molecular weight excluding hydrogens is 325 g/mol. The Morgan fingerprint density at radius 3 is 2.53 bits per heavy atom. The Hall–Kier alpha value is -0.700. The van der Waals surface area contributed by atoms with E-state index >= 15 is 0 Å². The molecule has 0 aliphatic carbocycles. The number of halogens is 3. The largest absolute Gasteiger partial charge is 0.295 e. The van der Waals surface area contributed by atoms with Gasteiger partial charge >= 0.3 is 0 Å². The third kappa shape index (κ3) is 6.33. The van der Waals surface area contributed by atoms with Crippen molar-refractivity contribution in [2.75, 3.05) is 0 Å². The van der Waals surface area contributed by atoms with Gasteiger partial charge in [-0.25, -0.2) is 4.99 Å². The summed E-state index contributed by atoms with van der Waals surface area (Å²) in [5, 5.41) is 2.13. The Morgan fingerprint density at radius 2 is 2.00 bits per heavy atom. The summed E-state index contributed by atoms with van der Waals surface area (Å²) in [4.78, 5) is 15.5. The molecule has 0 spiro atoms. The van der Waals surface area contributed by atoms with E-state index in [-0.39, 0.29) is 12.2 Å². The molecule has 0 aliphatic rings. The highest BCUT2D eigenvalue weighted by molar-refractivity contribution is 7.78. The summed E-state index contributed by atoms with van der Waals surface area (Å²) in [7, 11) is 0. The summed E-state index contributed by atoms with van der Waals surface area (Å²) < 4.78 is -1.68. The van der Waals surface area contributed by atoms with E-state index in [9.17, 15) is 4.79 Å². The molecule has 0 aromatic heterocycles. The number of rotatable bonds is 5. The smallest absolute Gasteiger partial charge is 0.213 e. The lowest BCUT2D eigenvalue weighted by Gasteiger charge is -2.17. The van der Waals surface area contributed by atoms with Crippen molar-refractivity contribution < 1.29 is 4.79 Å². The molecule has 0 saturated carbocycles. The zero-order valence-electron chi connectivity index (χ0n) is 9.72. The summed E-state index contributed by atoms with van der Waals surface area (Å²) in [5.41, 5.74) is 0.916. The number of benzene rings is 1. The van der Waals surface area contributed by atoms with Gasteiger partial charge in [0.05, 0.1) is 5.16 Å². The summed E-state index contributed by atoms with van der Waals surface area (Å²) in [6.07, 6.45) is 3.08. The molecule has 0 aliphatic heterocycles. The van der Waals surface area contributed by atoms with Crippen molar-refractivity contribution in [1.29, 1.82) is 0 Å². The van der Waals surface area contributed by atoms with Crippen LogP contribution in [0, 0.1) is 0 Å². The van der Waals surface area contributed by atoms with Gasteiger partial charge in [-0.1, -0.05) is 71.2 Å². The molecule has 0 N–H and O–H groups in total. The quantitative estimate of drug-likeness (QED) is 0.343. The van der Waals surface area contributed by atoms with Crippen molar-refractivity contribution in [1.82, 2.24) is 0 Å². The first-order chi connectivity index (χ1) is 8.93. The molecule has 0 amide bonds. The Bertz CT molecular complexity index is 504. The minimum atomic E-state index is -1.68. The molecule has 0 fully saturated rings. The highest BCUT2D eigenvalue weighted by atomic mass is 35.6. The van der Waals surface area contributed by atoms with E-state index in [4.69, 9.17) is 34.8 Å². The highest BCUT2D eigenvalue weighted by Gasteiger charge is 2.33. The number of isothiocyanates is 1. The second-order valence-corrected chi connectivity index (χ2v) is 6.24. The van der Waals surface area contributed by atoms with Crippen molar-refractivity contribution in [3.8, 4) is 0 Å². The summed E-state index contributed by atoms with van der Waals surface area (Å²) >= 11 is 21.6. The molecule has 2 nitrogen and oxygen atoms in total. The van der Waals surface area contributed by atoms with Crippen LogP contribution in [0.5, 0.6) is 0 Å². The molecular formula is C13H10Cl3NOS. The molecule has 100 valence electrons. The standard InChI is InChI=1S/C13H10Cl3NOS/c14-13(15,16)12(17-9-19)8-11(18)7-6-10-4-2-1-3-5-10/h1-7,12H,8H2/b7-6+. The van der Waals surface area contributed by atoms with Crippen LogP contribution >= 0.6 is 47.0 Å². The zero-order chi connectivity index (χ0) is 14.3. The molecule has 0 heterocycles. The third-order valence-corrected chi connectivity index (χ3v) is 3.10. The Morgan fingerprint density at radius 1 is 1.37 bits per heavy atom. The van der Waals surface area contributed by atoms with Crippen LogP contribution in [-0.4, -0.2) is 20.8 Å². The number of alkyl halides is 3. The number of carbonyl (C=O) groups excluding carboxylic acids is 1. The highest BCUT2D eigenvalue weighted by Crippen LogP contribution is 2.34. The molecule has 1 aromatic carbocycles. The van der Waals surface area contributed by atoms with E-state index in [0.29, 0.717) is 0 Å². The second kappa shape index (κ2) is 7.78. The minimum absolute atomic E-state index is 0.0382. The second-order valence-electron chi connectivity index (χ2n) is 3.69. The van der Waals surface area contributed by atoms with Gasteiger partial charge in [0.1, 0.15) is 6.04 Å². The lowest BCUT2D eigenvalue weighted by atomic mass is 10.1. The third-order valence-electron chi connectivity index (χ3n) is 2.24. The average Bonchev–Trinajstić information content (AvgIpc) is 2.36. The van der Waals surface area contributed by atoms with E-state index in [1.807, 2.05) is 30.3 Å². The molecule has 0 radical (unpaired) electrons. The van der Waals surface area contributed by atoms with Gasteiger partial charge in [-0.3, -0.25) is 4.79 Å². The van der Waals surface area contributed by atoms with E-state index in [2.05, 4.69) is 22.4 Å². The molecule has 1 atom stereocenters. The maximum absolute atomic E-state index is 11.8. The number of carbonyl (C=O) groups is 1. The van der Waals surface area contributed by atoms with Crippen molar-refractivity contribution in [3.05, 3.63) is 42.0 Å². The molecule has 1 rings (SSSR count). The van der Waals surface area contributed by atoms with Gasteiger partial charge in [0.15, 0.2) is 5.78 Å². The van der Waals surface area contributed by atoms with Crippen LogP contribution in [0.1, 0.15) is 12.0 Å². The van der Waals surface area contributed by atoms with Gasteiger partial charge in [0.25, 0.3) is 0 Å². The van der Waals surface area contributed by atoms with Gasteiger partial charge in [0, 0.05) is 6.42 Å². The predicted octanol–water partition coefficient (Wildman–Crippen LogP) is 4.50. The van der Waals surface area contributed by atoms with Gasteiger partial charge in [-0.2, -0.15) is 0 Å². The monoisotopic (exact) mass is 333 g/mol. The zero-order valence-corrected chi connectivity index (χ0v) is 12.8. The molecule has 1 aromatic rings. The Kier molecular flexibility index (Phi) is 6.70. The van der Waals surface area contributed by atoms with Gasteiger partial charge in [0.2, 0.25) is 3.79 Å². The Balaban J connectivity index is 2.69. The molecule has 1 unspecified atom stereocenters. The Labute approximate surface area is 132 Å². The SMILES string of the molecule is O=C(/C=C/c1ccccc1)CC(N=C=S)C(Cl)(Cl)Cl. The topological polar surface area (TPSA) is 29.4 Å². The van der Waals surface area contributed by atoms with Crippen LogP contribution in [-0.2, 0) is 4.79 Å². The van der Waals surface area contributed by atoms with Crippen LogP contribution < -0.4 is 0 Å². The van der Waals surface area contributed by atoms with Crippen LogP contribution in [0.25, 0.3) is 6.08 Å². The number of hydrogen-bond donors (Lipinski definition) is 0. The van der Waals surface area contributed by atoms with Crippen LogP contribution in [0.3, 0.4) is 0 Å². The van der Waals surface area contributed by atoms with E-state index in [1.54, 1.807) is 6.08 Å². The van der Waals surface area contributed by atoms with E-state index < -0.39 is 9.83 Å². The molecule has 0 bridgehead atoms. The molecule has 0 saturated heterocycles. The first kappa shape index (κ1) is 16.4. The fourth-order valence-electron chi connectivity index (χ4n) is 1.31. The maximum Gasteiger partial charge on any atom is 0.213 e. The first-order valence-corrected chi connectivity index (χ1v) is 6.87. The lowest BCUT2D eigenvalue weighted by Crippen LogP contribution is -2.25. The molecule has 19 heavy (non-hydrogen) atoms. The van der Waals surface area contributed by atoms with Crippen molar-refractivity contribution in [2.45, 2.75) is 16.3 Å². The summed E-state index contributed by atoms with van der Waals surface area (Å²) in [5.74, 6) is -0.200. The maximum atomic E-state index is 11.8. The van der Waals surface area contributed by atoms with Gasteiger partial charge in [-0.05, 0) is 23.9 Å². The van der Waals surface area contributed by atoms with E-state index in [1.165, 1.54) is 6.08 Å². The first-order valence-electron chi connectivity index (χ1n) is 5.33. The lowest BCUT2D eigenvalue weighted by molar-refractivity contribution is -0.114. The summed E-state index contributed by atoms with van der Waals surface area (Å²) in [6.45, 7) is 0. The van der Waals surface area contributed by atoms with Gasteiger partial charge < -0.3 is 0 Å². The van der Waals surface area contributed by atoms with Crippen molar-refractivity contribution >= 4 is 64.0 Å². The number of nitrogens with zero attached hydrogens (tertiary/aromatic N) is 1. The summed E-state index contributed by atoms with van der Waals surface area (Å²) in [6, 6.07) is 8.58. The number of ketones is 1. The number of thiocarbonyl (C=S) groups is 1. The normalized spacial score (nSPS) is 13.0. The number of aliphatic imine (C=N–C) groups is 1. The minimum Gasteiger partial charge on any atom is -0.295 e. The molecule has 6 heteroatoms. The van der Waals surface area contributed by atoms with Crippen molar-refractivity contribution in [3.63, 3.8) is 0 Å². The van der Waals surface area contributed by atoms with Crippen LogP contribution in [0.2, 0.25) is 0 Å². The number of allylic oxidation sites excluding steroid dienone is 1. The average molecular weight is 335 g/mol. The van der Waals surface area contributed by atoms with Crippen molar-refractivity contribution in [2.24, 2.45) is 4.99 Å². The fraction of sp³-hybridized carbons (Fsp3) is 0.231. The van der Waals surface area contributed by atoms with E-state index in [0.717, 1.165) is 5.56 Å². The van der Waals surface area contributed by atoms with Gasteiger partial charge in [-0.15, -0.1) is 0 Å². The number of hydrogen-bond acceptors (Lipinski definition) is 3.